The highest BCUT2D eigenvalue weighted by Crippen LogP contribution is 2.30. The van der Waals surface area contributed by atoms with E-state index in [4.69, 9.17) is 0 Å². The van der Waals surface area contributed by atoms with Gasteiger partial charge in [-0.1, -0.05) is 12.1 Å². The Kier molecular flexibility index (Phi) is 4.88. The Bertz CT molecular complexity index is 699. The SMILES string of the molecule is Cc1nn(C)c(C(=O)O)c1Nc1ccccc1[N+](=O)[O-].Cl. The van der Waals surface area contributed by atoms with E-state index >= 15 is 0 Å². The fourth-order valence-corrected chi connectivity index (χ4v) is 1.93. The first-order valence-corrected chi connectivity index (χ1v) is 5.69. The molecule has 1 heterocycles. The first-order valence-electron chi connectivity index (χ1n) is 5.69. The maximum atomic E-state index is 11.2. The van der Waals surface area contributed by atoms with Crippen molar-refractivity contribution in [1.82, 2.24) is 9.78 Å². The van der Waals surface area contributed by atoms with E-state index in [0.717, 1.165) is 0 Å². The van der Waals surface area contributed by atoms with Crippen molar-refractivity contribution in [3.05, 3.63) is 45.8 Å². The van der Waals surface area contributed by atoms with Gasteiger partial charge in [-0.15, -0.1) is 12.4 Å². The van der Waals surface area contributed by atoms with Gasteiger partial charge in [0.25, 0.3) is 5.69 Å². The molecule has 1 aromatic heterocycles. The number of halogens is 1. The third-order valence-corrected chi connectivity index (χ3v) is 2.79. The average molecular weight is 313 g/mol. The predicted octanol–water partition coefficient (Wildman–Crippen LogP) is 2.50. The number of nitro groups is 1. The fraction of sp³-hybridized carbons (Fsp3) is 0.167. The van der Waals surface area contributed by atoms with E-state index in [1.165, 1.54) is 29.9 Å². The summed E-state index contributed by atoms with van der Waals surface area (Å²) in [6.07, 6.45) is 0. The van der Waals surface area contributed by atoms with Crippen LogP contribution in [-0.4, -0.2) is 25.8 Å². The number of rotatable bonds is 4. The zero-order valence-corrected chi connectivity index (χ0v) is 12.0. The van der Waals surface area contributed by atoms with Crippen molar-refractivity contribution in [3.63, 3.8) is 0 Å². The number of nitrogens with zero attached hydrogens (tertiary/aromatic N) is 3. The van der Waals surface area contributed by atoms with Gasteiger partial charge in [-0.05, 0) is 13.0 Å². The van der Waals surface area contributed by atoms with Crippen LogP contribution >= 0.6 is 12.4 Å². The van der Waals surface area contributed by atoms with Crippen LogP contribution in [0, 0.1) is 17.0 Å². The van der Waals surface area contributed by atoms with Gasteiger partial charge in [0.15, 0.2) is 5.69 Å². The van der Waals surface area contributed by atoms with E-state index in [1.54, 1.807) is 13.0 Å². The van der Waals surface area contributed by atoms with Crippen LogP contribution in [0.4, 0.5) is 17.1 Å². The zero-order chi connectivity index (χ0) is 14.9. The Morgan fingerprint density at radius 1 is 1.43 bits per heavy atom. The lowest BCUT2D eigenvalue weighted by molar-refractivity contribution is -0.383. The molecule has 0 spiro atoms. The molecule has 0 bridgehead atoms. The number of hydrogen-bond donors (Lipinski definition) is 2. The molecule has 0 amide bonds. The minimum Gasteiger partial charge on any atom is -0.476 e. The van der Waals surface area contributed by atoms with Crippen LogP contribution in [0.1, 0.15) is 16.2 Å². The summed E-state index contributed by atoms with van der Waals surface area (Å²) >= 11 is 0. The number of carboxylic acid groups (broad SMARTS) is 1. The molecule has 0 aliphatic rings. The number of nitro benzene ring substituents is 1. The molecule has 8 nitrogen and oxygen atoms in total. The van der Waals surface area contributed by atoms with E-state index in [2.05, 4.69) is 10.4 Å². The number of aromatic carboxylic acids is 1. The van der Waals surface area contributed by atoms with Gasteiger partial charge < -0.3 is 10.4 Å². The van der Waals surface area contributed by atoms with Crippen LogP contribution in [0.5, 0.6) is 0 Å². The minimum absolute atomic E-state index is 0. The molecule has 0 saturated heterocycles. The average Bonchev–Trinajstić information content (AvgIpc) is 2.64. The highest BCUT2D eigenvalue weighted by molar-refractivity contribution is 5.94. The summed E-state index contributed by atoms with van der Waals surface area (Å²) in [5.41, 5.74) is 0.723. The first-order chi connectivity index (χ1) is 9.41. The van der Waals surface area contributed by atoms with Gasteiger partial charge in [0, 0.05) is 13.1 Å². The van der Waals surface area contributed by atoms with E-state index in [9.17, 15) is 20.0 Å². The van der Waals surface area contributed by atoms with Crippen molar-refractivity contribution in [1.29, 1.82) is 0 Å². The van der Waals surface area contributed by atoms with Crippen molar-refractivity contribution in [3.8, 4) is 0 Å². The summed E-state index contributed by atoms with van der Waals surface area (Å²) in [5.74, 6) is -1.16. The van der Waals surface area contributed by atoms with Crippen molar-refractivity contribution < 1.29 is 14.8 Å². The number of para-hydroxylation sites is 2. The molecule has 0 atom stereocenters. The number of hydrogen-bond acceptors (Lipinski definition) is 5. The van der Waals surface area contributed by atoms with Gasteiger partial charge in [0.2, 0.25) is 0 Å². The number of aryl methyl sites for hydroxylation is 2. The highest BCUT2D eigenvalue weighted by atomic mass is 35.5. The van der Waals surface area contributed by atoms with E-state index in [-0.39, 0.29) is 35.2 Å². The van der Waals surface area contributed by atoms with Crippen LogP contribution in [0.3, 0.4) is 0 Å². The Balaban J connectivity index is 0.00000220. The molecule has 0 aliphatic heterocycles. The van der Waals surface area contributed by atoms with Crippen LogP contribution in [0.25, 0.3) is 0 Å². The molecule has 0 unspecified atom stereocenters. The molecule has 0 fully saturated rings. The summed E-state index contributed by atoms with van der Waals surface area (Å²) in [5, 5.41) is 26.9. The number of anilines is 2. The molecule has 9 heteroatoms. The van der Waals surface area contributed by atoms with Crippen molar-refractivity contribution in [2.75, 3.05) is 5.32 Å². The third-order valence-electron chi connectivity index (χ3n) is 2.79. The Labute approximate surface area is 126 Å². The molecule has 21 heavy (non-hydrogen) atoms. The van der Waals surface area contributed by atoms with Crippen LogP contribution < -0.4 is 5.32 Å². The second-order valence-electron chi connectivity index (χ2n) is 4.14. The van der Waals surface area contributed by atoms with Gasteiger partial charge in [-0.3, -0.25) is 14.8 Å². The van der Waals surface area contributed by atoms with Crippen LogP contribution in [0.2, 0.25) is 0 Å². The lowest BCUT2D eigenvalue weighted by Crippen LogP contribution is -2.08. The third kappa shape index (κ3) is 3.11. The summed E-state index contributed by atoms with van der Waals surface area (Å²) in [4.78, 5) is 21.6. The van der Waals surface area contributed by atoms with E-state index in [1.807, 2.05) is 0 Å². The Hall–Kier alpha value is -2.61. The topological polar surface area (TPSA) is 110 Å². The quantitative estimate of drug-likeness (QED) is 0.663. The lowest BCUT2D eigenvalue weighted by Gasteiger charge is -2.07. The molecular weight excluding hydrogens is 300 g/mol. The molecule has 112 valence electrons. The molecule has 1 aromatic carbocycles. The van der Waals surface area contributed by atoms with Gasteiger partial charge in [-0.2, -0.15) is 5.10 Å². The zero-order valence-electron chi connectivity index (χ0n) is 11.2. The summed E-state index contributed by atoms with van der Waals surface area (Å²) in [6, 6.07) is 6.02. The molecule has 0 radical (unpaired) electrons. The Morgan fingerprint density at radius 3 is 2.62 bits per heavy atom. The minimum atomic E-state index is -1.16. The monoisotopic (exact) mass is 312 g/mol. The van der Waals surface area contributed by atoms with Gasteiger partial charge in [-0.25, -0.2) is 4.79 Å². The largest absolute Gasteiger partial charge is 0.476 e. The fourth-order valence-electron chi connectivity index (χ4n) is 1.93. The number of carbonyl (C=O) groups is 1. The first kappa shape index (κ1) is 16.4. The summed E-state index contributed by atoms with van der Waals surface area (Å²) < 4.78 is 1.22. The molecule has 2 N–H and O–H groups in total. The number of carboxylic acids is 1. The van der Waals surface area contributed by atoms with Gasteiger partial charge in [0.05, 0.1) is 16.3 Å². The summed E-state index contributed by atoms with van der Waals surface area (Å²) in [6.45, 7) is 1.63. The molecule has 2 rings (SSSR count). The maximum absolute atomic E-state index is 11.2. The van der Waals surface area contributed by atoms with E-state index < -0.39 is 10.9 Å². The molecular formula is C12H13ClN4O4. The van der Waals surface area contributed by atoms with Crippen molar-refractivity contribution >= 4 is 35.4 Å². The van der Waals surface area contributed by atoms with Crippen LogP contribution in [0.15, 0.2) is 24.3 Å². The number of benzene rings is 1. The standard InChI is InChI=1S/C12H12N4O4.ClH/c1-7-10(11(12(17)18)15(2)14-7)13-8-5-3-4-6-9(8)16(19)20;/h3-6,13H,1-2H3,(H,17,18);1H. The summed E-state index contributed by atoms with van der Waals surface area (Å²) in [7, 11) is 1.50. The highest BCUT2D eigenvalue weighted by Gasteiger charge is 2.22. The molecule has 2 aromatic rings. The normalized spacial score (nSPS) is 9.81. The Morgan fingerprint density at radius 2 is 2.05 bits per heavy atom. The van der Waals surface area contributed by atoms with Gasteiger partial charge in [0.1, 0.15) is 5.69 Å². The molecule has 0 saturated carbocycles. The van der Waals surface area contributed by atoms with Crippen molar-refractivity contribution in [2.45, 2.75) is 6.92 Å². The van der Waals surface area contributed by atoms with Crippen LogP contribution in [-0.2, 0) is 7.05 Å². The second-order valence-corrected chi connectivity index (χ2v) is 4.14. The lowest BCUT2D eigenvalue weighted by atomic mass is 10.2. The second kappa shape index (κ2) is 6.23. The maximum Gasteiger partial charge on any atom is 0.356 e. The van der Waals surface area contributed by atoms with Crippen molar-refractivity contribution in [2.24, 2.45) is 7.05 Å². The smallest absolute Gasteiger partial charge is 0.356 e. The molecule has 0 aliphatic carbocycles. The number of aromatic nitrogens is 2. The number of nitrogens with one attached hydrogen (secondary N) is 1. The predicted molar refractivity (Wildman–Crippen MR) is 78.5 cm³/mol. The van der Waals surface area contributed by atoms with E-state index in [0.29, 0.717) is 5.69 Å². The van der Waals surface area contributed by atoms with Gasteiger partial charge >= 0.3 is 5.97 Å².